The van der Waals surface area contributed by atoms with E-state index in [4.69, 9.17) is 5.73 Å². The van der Waals surface area contributed by atoms with Gasteiger partial charge in [0.25, 0.3) is 0 Å². The highest BCUT2D eigenvalue weighted by Gasteiger charge is 2.03. The van der Waals surface area contributed by atoms with E-state index in [1.54, 1.807) is 0 Å². The zero-order valence-corrected chi connectivity index (χ0v) is 6.73. The summed E-state index contributed by atoms with van der Waals surface area (Å²) in [4.78, 5) is 3.61. The lowest BCUT2D eigenvalue weighted by Crippen LogP contribution is -2.01. The Morgan fingerprint density at radius 3 is 2.70 bits per heavy atom. The van der Waals surface area contributed by atoms with Gasteiger partial charge in [-0.05, 0) is 15.9 Å². The third-order valence-corrected chi connectivity index (χ3v) is 1.84. The average Bonchev–Trinajstić information content (AvgIpc) is 1.88. The molecule has 0 spiro atoms. The second-order valence-corrected chi connectivity index (χ2v) is 2.64. The molecule has 0 saturated carbocycles. The molecule has 0 fully saturated rings. The van der Waals surface area contributed by atoms with Crippen LogP contribution in [0.5, 0.6) is 0 Å². The maximum atomic E-state index is 12.7. The molecule has 0 unspecified atom stereocenters. The van der Waals surface area contributed by atoms with Crippen molar-refractivity contribution in [3.63, 3.8) is 0 Å². The molecule has 2 nitrogen and oxygen atoms in total. The van der Waals surface area contributed by atoms with E-state index in [1.807, 2.05) is 0 Å². The molecule has 0 aliphatic rings. The van der Waals surface area contributed by atoms with Crippen molar-refractivity contribution in [3.05, 3.63) is 28.2 Å². The Bertz CT molecular complexity index is 219. The fraction of sp³-hybridized carbons (Fsp3) is 0.167. The molecule has 1 rings (SSSR count). The lowest BCUT2D eigenvalue weighted by Gasteiger charge is -1.99. The van der Waals surface area contributed by atoms with Crippen molar-refractivity contribution >= 4 is 15.9 Å². The summed E-state index contributed by atoms with van der Waals surface area (Å²) in [6.45, 7) is 0.189. The van der Waals surface area contributed by atoms with Crippen molar-refractivity contribution < 1.29 is 4.39 Å². The van der Waals surface area contributed by atoms with Gasteiger partial charge in [-0.1, -0.05) is 0 Å². The Labute approximate surface area is 66.4 Å². The zero-order valence-electron chi connectivity index (χ0n) is 5.14. The number of nitrogens with two attached hydrogens (primary N) is 1. The Balaban J connectivity index is 3.17. The first-order valence-electron chi connectivity index (χ1n) is 2.73. The van der Waals surface area contributed by atoms with E-state index < -0.39 is 0 Å². The van der Waals surface area contributed by atoms with Crippen LogP contribution in [0, 0.1) is 5.82 Å². The van der Waals surface area contributed by atoms with Crippen molar-refractivity contribution in [2.75, 3.05) is 0 Å². The smallest absolute Gasteiger partial charge is 0.147 e. The van der Waals surface area contributed by atoms with Gasteiger partial charge in [0.05, 0.1) is 6.20 Å². The van der Waals surface area contributed by atoms with Gasteiger partial charge in [-0.2, -0.15) is 0 Å². The molecule has 0 saturated heterocycles. The molecule has 10 heavy (non-hydrogen) atoms. The second kappa shape index (κ2) is 3.07. The lowest BCUT2D eigenvalue weighted by atomic mass is 10.3. The predicted octanol–water partition coefficient (Wildman–Crippen LogP) is 1.44. The minimum absolute atomic E-state index is 0.189. The van der Waals surface area contributed by atoms with Gasteiger partial charge in [-0.15, -0.1) is 0 Å². The van der Waals surface area contributed by atoms with E-state index in [0.29, 0.717) is 10.0 Å². The van der Waals surface area contributed by atoms with Gasteiger partial charge in [-0.25, -0.2) is 4.39 Å². The summed E-state index contributed by atoms with van der Waals surface area (Å²) in [5.74, 6) is -0.364. The molecule has 4 heteroatoms. The molecule has 2 N–H and O–H groups in total. The molecule has 0 bridgehead atoms. The van der Waals surface area contributed by atoms with Crippen LogP contribution in [0.25, 0.3) is 0 Å². The summed E-state index contributed by atoms with van der Waals surface area (Å²) >= 11 is 3.12. The summed E-state index contributed by atoms with van der Waals surface area (Å²) in [5.41, 5.74) is 5.72. The molecule has 0 amide bonds. The van der Waals surface area contributed by atoms with E-state index in [0.717, 1.165) is 6.20 Å². The fourth-order valence-corrected chi connectivity index (χ4v) is 1.10. The fourth-order valence-electron chi connectivity index (χ4n) is 0.633. The molecule has 1 aromatic rings. The first-order chi connectivity index (χ1) is 4.75. The van der Waals surface area contributed by atoms with Crippen LogP contribution in [0.3, 0.4) is 0 Å². The number of hydrogen-bond donors (Lipinski definition) is 1. The largest absolute Gasteiger partial charge is 0.326 e. The van der Waals surface area contributed by atoms with Crippen LogP contribution in [0.1, 0.15) is 5.56 Å². The van der Waals surface area contributed by atoms with Crippen LogP contribution >= 0.6 is 15.9 Å². The predicted molar refractivity (Wildman–Crippen MR) is 39.8 cm³/mol. The van der Waals surface area contributed by atoms with E-state index in [2.05, 4.69) is 20.9 Å². The number of rotatable bonds is 1. The maximum Gasteiger partial charge on any atom is 0.147 e. The number of halogens is 2. The van der Waals surface area contributed by atoms with Crippen LogP contribution in [0.2, 0.25) is 0 Å². The third kappa shape index (κ3) is 1.33. The van der Waals surface area contributed by atoms with E-state index in [1.165, 1.54) is 6.20 Å². The van der Waals surface area contributed by atoms with Gasteiger partial charge in [0.1, 0.15) is 5.82 Å². The molecular formula is C6H6BrFN2. The SMILES string of the molecule is NCc1c(F)cncc1Br. The summed E-state index contributed by atoms with van der Waals surface area (Å²) in [5, 5.41) is 0. The van der Waals surface area contributed by atoms with Crippen LogP contribution in [-0.4, -0.2) is 4.98 Å². The van der Waals surface area contributed by atoms with E-state index in [9.17, 15) is 4.39 Å². The Kier molecular flexibility index (Phi) is 2.34. The van der Waals surface area contributed by atoms with Gasteiger partial charge in [0.2, 0.25) is 0 Å². The Hall–Kier alpha value is -0.480. The highest BCUT2D eigenvalue weighted by atomic mass is 79.9. The minimum Gasteiger partial charge on any atom is -0.326 e. The molecule has 54 valence electrons. The zero-order chi connectivity index (χ0) is 7.56. The Morgan fingerprint density at radius 1 is 1.60 bits per heavy atom. The average molecular weight is 205 g/mol. The van der Waals surface area contributed by atoms with Gasteiger partial charge in [0, 0.05) is 22.8 Å². The quantitative estimate of drug-likeness (QED) is 0.753. The topological polar surface area (TPSA) is 38.9 Å². The van der Waals surface area contributed by atoms with Crippen LogP contribution in [0.15, 0.2) is 16.9 Å². The second-order valence-electron chi connectivity index (χ2n) is 1.79. The summed E-state index contributed by atoms with van der Waals surface area (Å²) < 4.78 is 13.3. The number of aromatic nitrogens is 1. The molecule has 1 heterocycles. The summed E-state index contributed by atoms with van der Waals surface area (Å²) in [6.07, 6.45) is 2.66. The number of hydrogen-bond acceptors (Lipinski definition) is 2. The van der Waals surface area contributed by atoms with Gasteiger partial charge >= 0.3 is 0 Å². The van der Waals surface area contributed by atoms with Crippen LogP contribution in [-0.2, 0) is 6.54 Å². The molecule has 0 atom stereocenters. The van der Waals surface area contributed by atoms with Crippen molar-refractivity contribution in [2.24, 2.45) is 5.73 Å². The first-order valence-corrected chi connectivity index (χ1v) is 3.53. The van der Waals surface area contributed by atoms with Crippen LogP contribution in [0.4, 0.5) is 4.39 Å². The molecule has 0 aliphatic heterocycles. The van der Waals surface area contributed by atoms with E-state index in [-0.39, 0.29) is 12.4 Å². The highest BCUT2D eigenvalue weighted by molar-refractivity contribution is 9.10. The van der Waals surface area contributed by atoms with Gasteiger partial charge < -0.3 is 5.73 Å². The summed E-state index contributed by atoms with van der Waals surface area (Å²) in [6, 6.07) is 0. The minimum atomic E-state index is -0.364. The molecular weight excluding hydrogens is 199 g/mol. The molecule has 0 radical (unpaired) electrons. The number of pyridine rings is 1. The van der Waals surface area contributed by atoms with Crippen molar-refractivity contribution in [3.8, 4) is 0 Å². The highest BCUT2D eigenvalue weighted by Crippen LogP contribution is 2.16. The molecule has 1 aromatic heterocycles. The summed E-state index contributed by atoms with van der Waals surface area (Å²) in [7, 11) is 0. The van der Waals surface area contributed by atoms with Crippen molar-refractivity contribution in [1.29, 1.82) is 0 Å². The Morgan fingerprint density at radius 2 is 2.30 bits per heavy atom. The van der Waals surface area contributed by atoms with Gasteiger partial charge in [-0.3, -0.25) is 4.98 Å². The first kappa shape index (κ1) is 7.63. The normalized spacial score (nSPS) is 9.90. The molecule has 0 aromatic carbocycles. The molecule has 0 aliphatic carbocycles. The van der Waals surface area contributed by atoms with Crippen LogP contribution < -0.4 is 5.73 Å². The van der Waals surface area contributed by atoms with Gasteiger partial charge in [0.15, 0.2) is 0 Å². The monoisotopic (exact) mass is 204 g/mol. The third-order valence-electron chi connectivity index (χ3n) is 1.16. The lowest BCUT2D eigenvalue weighted by molar-refractivity contribution is 0.602. The maximum absolute atomic E-state index is 12.7. The standard InChI is InChI=1S/C6H6BrFN2/c7-5-2-10-3-6(8)4(5)1-9/h2-3H,1,9H2. The van der Waals surface area contributed by atoms with E-state index >= 15 is 0 Å². The van der Waals surface area contributed by atoms with Crippen molar-refractivity contribution in [1.82, 2.24) is 4.98 Å². The van der Waals surface area contributed by atoms with Crippen molar-refractivity contribution in [2.45, 2.75) is 6.54 Å². The number of nitrogens with zero attached hydrogens (tertiary/aromatic N) is 1.